The number of esters is 1. The number of benzene rings is 1. The standard InChI is InChI=1S/C14H20O3/c1-10(2)14(15)17-12(4)11(3)16-13-8-6-5-7-9-13/h5-12H,1-4H3/t11-,12+/m0/s1. The second kappa shape index (κ2) is 6.28. The molecular formula is C14H20O3. The van der Waals surface area contributed by atoms with Gasteiger partial charge in [-0.2, -0.15) is 0 Å². The summed E-state index contributed by atoms with van der Waals surface area (Å²) in [6.07, 6.45) is -0.426. The SMILES string of the molecule is CC(C)C(=O)O[C@H](C)[C@H](C)Oc1ccccc1. The first-order valence-electron chi connectivity index (χ1n) is 5.93. The number of hydrogen-bond acceptors (Lipinski definition) is 3. The summed E-state index contributed by atoms with van der Waals surface area (Å²) in [5, 5.41) is 0. The van der Waals surface area contributed by atoms with Crippen molar-refractivity contribution in [2.24, 2.45) is 5.92 Å². The van der Waals surface area contributed by atoms with Crippen LogP contribution in [0.1, 0.15) is 27.7 Å². The highest BCUT2D eigenvalue weighted by Gasteiger charge is 2.19. The van der Waals surface area contributed by atoms with E-state index in [4.69, 9.17) is 9.47 Å². The normalized spacial score (nSPS) is 14.2. The lowest BCUT2D eigenvalue weighted by Crippen LogP contribution is -2.32. The molecule has 0 heterocycles. The Kier molecular flexibility index (Phi) is 5.01. The Bertz CT molecular complexity index is 346. The molecule has 0 aromatic heterocycles. The van der Waals surface area contributed by atoms with Gasteiger partial charge in [0.25, 0.3) is 0 Å². The zero-order valence-corrected chi connectivity index (χ0v) is 10.8. The Labute approximate surface area is 103 Å². The van der Waals surface area contributed by atoms with Crippen LogP contribution in [0.4, 0.5) is 0 Å². The van der Waals surface area contributed by atoms with Gasteiger partial charge in [-0.05, 0) is 26.0 Å². The Morgan fingerprint density at radius 1 is 1.00 bits per heavy atom. The molecule has 2 atom stereocenters. The average Bonchev–Trinajstić information content (AvgIpc) is 2.29. The molecule has 0 saturated heterocycles. The van der Waals surface area contributed by atoms with E-state index in [1.165, 1.54) is 0 Å². The average molecular weight is 236 g/mol. The highest BCUT2D eigenvalue weighted by atomic mass is 16.6. The lowest BCUT2D eigenvalue weighted by Gasteiger charge is -2.22. The molecule has 0 radical (unpaired) electrons. The van der Waals surface area contributed by atoms with Gasteiger partial charge in [-0.3, -0.25) is 4.79 Å². The van der Waals surface area contributed by atoms with Gasteiger partial charge >= 0.3 is 5.97 Å². The zero-order chi connectivity index (χ0) is 12.8. The monoisotopic (exact) mass is 236 g/mol. The molecule has 0 aliphatic rings. The van der Waals surface area contributed by atoms with Gasteiger partial charge in [-0.1, -0.05) is 32.0 Å². The largest absolute Gasteiger partial charge is 0.487 e. The van der Waals surface area contributed by atoms with Crippen LogP contribution in [0.3, 0.4) is 0 Å². The zero-order valence-electron chi connectivity index (χ0n) is 10.8. The van der Waals surface area contributed by atoms with E-state index >= 15 is 0 Å². The number of carbonyl (C=O) groups is 1. The van der Waals surface area contributed by atoms with E-state index in [0.717, 1.165) is 5.75 Å². The lowest BCUT2D eigenvalue weighted by atomic mass is 10.2. The molecule has 1 aromatic rings. The van der Waals surface area contributed by atoms with E-state index in [9.17, 15) is 4.79 Å². The van der Waals surface area contributed by atoms with Gasteiger partial charge in [0.2, 0.25) is 0 Å². The predicted molar refractivity (Wildman–Crippen MR) is 66.9 cm³/mol. The molecule has 1 aromatic carbocycles. The fourth-order valence-corrected chi connectivity index (χ4v) is 1.22. The van der Waals surface area contributed by atoms with Crippen LogP contribution in [0.5, 0.6) is 5.75 Å². The minimum Gasteiger partial charge on any atom is -0.487 e. The summed E-state index contributed by atoms with van der Waals surface area (Å²) in [5.41, 5.74) is 0. The fraction of sp³-hybridized carbons (Fsp3) is 0.500. The Balaban J connectivity index is 2.47. The molecule has 17 heavy (non-hydrogen) atoms. The molecule has 0 saturated carbocycles. The van der Waals surface area contributed by atoms with Crippen molar-refractivity contribution in [2.45, 2.75) is 39.9 Å². The topological polar surface area (TPSA) is 35.5 Å². The van der Waals surface area contributed by atoms with Crippen LogP contribution in [-0.4, -0.2) is 18.2 Å². The number of hydrogen-bond donors (Lipinski definition) is 0. The molecule has 0 unspecified atom stereocenters. The van der Waals surface area contributed by atoms with Gasteiger partial charge < -0.3 is 9.47 Å². The van der Waals surface area contributed by atoms with Crippen molar-refractivity contribution in [3.05, 3.63) is 30.3 Å². The van der Waals surface area contributed by atoms with Crippen LogP contribution < -0.4 is 4.74 Å². The van der Waals surface area contributed by atoms with E-state index in [1.54, 1.807) is 0 Å². The number of carbonyl (C=O) groups excluding carboxylic acids is 1. The summed E-state index contributed by atoms with van der Waals surface area (Å²) in [6, 6.07) is 9.51. The van der Waals surface area contributed by atoms with Crippen molar-refractivity contribution in [3.63, 3.8) is 0 Å². The molecule has 0 fully saturated rings. The van der Waals surface area contributed by atoms with Crippen LogP contribution in [0.25, 0.3) is 0 Å². The van der Waals surface area contributed by atoms with Crippen molar-refractivity contribution >= 4 is 5.97 Å². The van der Waals surface area contributed by atoms with Gasteiger partial charge in [0.1, 0.15) is 18.0 Å². The minimum atomic E-state index is -0.259. The summed E-state index contributed by atoms with van der Waals surface area (Å²) in [4.78, 5) is 11.4. The van der Waals surface area contributed by atoms with Crippen molar-refractivity contribution in [1.29, 1.82) is 0 Å². The van der Waals surface area contributed by atoms with E-state index in [-0.39, 0.29) is 24.1 Å². The fourth-order valence-electron chi connectivity index (χ4n) is 1.22. The highest BCUT2D eigenvalue weighted by molar-refractivity contribution is 5.71. The van der Waals surface area contributed by atoms with Gasteiger partial charge in [0.05, 0.1) is 5.92 Å². The van der Waals surface area contributed by atoms with Gasteiger partial charge in [-0.15, -0.1) is 0 Å². The highest BCUT2D eigenvalue weighted by Crippen LogP contribution is 2.14. The third-order valence-electron chi connectivity index (χ3n) is 2.50. The van der Waals surface area contributed by atoms with Crippen molar-refractivity contribution in [3.8, 4) is 5.75 Å². The predicted octanol–water partition coefficient (Wildman–Crippen LogP) is 3.04. The third-order valence-corrected chi connectivity index (χ3v) is 2.50. The maximum Gasteiger partial charge on any atom is 0.308 e. The maximum absolute atomic E-state index is 11.4. The molecule has 3 heteroatoms. The van der Waals surface area contributed by atoms with E-state index in [0.29, 0.717) is 0 Å². The summed E-state index contributed by atoms with van der Waals surface area (Å²) >= 11 is 0. The van der Waals surface area contributed by atoms with E-state index in [1.807, 2.05) is 58.0 Å². The molecule has 0 aliphatic heterocycles. The molecule has 0 amide bonds. The Hall–Kier alpha value is -1.51. The van der Waals surface area contributed by atoms with Gasteiger partial charge in [0, 0.05) is 0 Å². The van der Waals surface area contributed by atoms with Crippen LogP contribution in [0.2, 0.25) is 0 Å². The number of para-hydroxylation sites is 1. The van der Waals surface area contributed by atoms with Crippen molar-refractivity contribution in [2.75, 3.05) is 0 Å². The summed E-state index contributed by atoms with van der Waals surface area (Å²) in [7, 11) is 0. The van der Waals surface area contributed by atoms with Crippen molar-refractivity contribution < 1.29 is 14.3 Å². The van der Waals surface area contributed by atoms with Crippen LogP contribution in [0.15, 0.2) is 30.3 Å². The lowest BCUT2D eigenvalue weighted by molar-refractivity contribution is -0.156. The Morgan fingerprint density at radius 3 is 2.12 bits per heavy atom. The van der Waals surface area contributed by atoms with E-state index < -0.39 is 0 Å². The molecule has 0 bridgehead atoms. The van der Waals surface area contributed by atoms with Crippen molar-refractivity contribution in [1.82, 2.24) is 0 Å². The summed E-state index contributed by atoms with van der Waals surface area (Å²) in [6.45, 7) is 7.37. The van der Waals surface area contributed by atoms with E-state index in [2.05, 4.69) is 0 Å². The van der Waals surface area contributed by atoms with Crippen LogP contribution in [-0.2, 0) is 9.53 Å². The number of ether oxygens (including phenoxy) is 2. The van der Waals surface area contributed by atoms with Gasteiger partial charge in [-0.25, -0.2) is 0 Å². The smallest absolute Gasteiger partial charge is 0.308 e. The Morgan fingerprint density at radius 2 is 1.59 bits per heavy atom. The first kappa shape index (κ1) is 13.6. The molecule has 94 valence electrons. The first-order valence-corrected chi connectivity index (χ1v) is 5.93. The van der Waals surface area contributed by atoms with Crippen LogP contribution in [0, 0.1) is 5.92 Å². The molecule has 1 rings (SSSR count). The molecule has 0 aliphatic carbocycles. The molecule has 0 N–H and O–H groups in total. The summed E-state index contributed by atoms with van der Waals surface area (Å²) in [5.74, 6) is 0.481. The molecule has 3 nitrogen and oxygen atoms in total. The number of rotatable bonds is 5. The third kappa shape index (κ3) is 4.47. The first-order chi connectivity index (χ1) is 8.00. The van der Waals surface area contributed by atoms with Gasteiger partial charge in [0.15, 0.2) is 0 Å². The quantitative estimate of drug-likeness (QED) is 0.737. The summed E-state index contributed by atoms with van der Waals surface area (Å²) < 4.78 is 11.0. The second-order valence-corrected chi connectivity index (χ2v) is 4.43. The van der Waals surface area contributed by atoms with Crippen LogP contribution >= 0.6 is 0 Å². The molecule has 0 spiro atoms. The molecular weight excluding hydrogens is 216 g/mol. The second-order valence-electron chi connectivity index (χ2n) is 4.43. The minimum absolute atomic E-state index is 0.110. The maximum atomic E-state index is 11.4.